The number of pyridine rings is 1. The van der Waals surface area contributed by atoms with Crippen LogP contribution in [0.4, 0.5) is 10.5 Å². The van der Waals surface area contributed by atoms with Crippen molar-refractivity contribution in [3.05, 3.63) is 40.1 Å². The van der Waals surface area contributed by atoms with Crippen molar-refractivity contribution >= 4 is 29.0 Å². The van der Waals surface area contributed by atoms with Crippen molar-refractivity contribution in [3.63, 3.8) is 0 Å². The summed E-state index contributed by atoms with van der Waals surface area (Å²) in [5, 5.41) is 14.2. The van der Waals surface area contributed by atoms with Crippen LogP contribution in [-0.2, 0) is 6.54 Å². The van der Waals surface area contributed by atoms with Gasteiger partial charge in [-0.2, -0.15) is 0 Å². The summed E-state index contributed by atoms with van der Waals surface area (Å²) in [6.45, 7) is 2.31. The minimum absolute atomic E-state index is 0.0701. The van der Waals surface area contributed by atoms with Crippen LogP contribution in [0.1, 0.15) is 21.2 Å². The number of anilines is 1. The normalized spacial score (nSPS) is 10.2. The highest BCUT2D eigenvalue weighted by molar-refractivity contribution is 7.09. The number of carbonyl (C=O) groups is 2. The van der Waals surface area contributed by atoms with E-state index in [2.05, 4.69) is 15.3 Å². The van der Waals surface area contributed by atoms with Gasteiger partial charge >= 0.3 is 12.0 Å². The van der Waals surface area contributed by atoms with Crippen molar-refractivity contribution in [1.29, 1.82) is 0 Å². The minimum Gasteiger partial charge on any atom is -0.477 e. The highest BCUT2D eigenvalue weighted by atomic mass is 32.1. The quantitative estimate of drug-likeness (QED) is 0.903. The molecule has 2 N–H and O–H groups in total. The number of carbonyl (C=O) groups excluding carboxylic acids is 1. The molecule has 21 heavy (non-hydrogen) atoms. The molecule has 0 fully saturated rings. The smallest absolute Gasteiger partial charge is 0.354 e. The second-order valence-electron chi connectivity index (χ2n) is 4.38. The first-order valence-corrected chi connectivity index (χ1v) is 6.96. The summed E-state index contributed by atoms with van der Waals surface area (Å²) in [5.41, 5.74) is 1.19. The third kappa shape index (κ3) is 3.99. The van der Waals surface area contributed by atoms with E-state index in [1.165, 1.54) is 34.6 Å². The van der Waals surface area contributed by atoms with Crippen molar-refractivity contribution < 1.29 is 14.7 Å². The van der Waals surface area contributed by atoms with Crippen LogP contribution in [0, 0.1) is 6.92 Å². The lowest BCUT2D eigenvalue weighted by molar-refractivity contribution is 0.0690. The number of amides is 2. The van der Waals surface area contributed by atoms with Crippen molar-refractivity contribution in [3.8, 4) is 0 Å². The van der Waals surface area contributed by atoms with Crippen LogP contribution in [0.3, 0.4) is 0 Å². The molecule has 0 bridgehead atoms. The highest BCUT2D eigenvalue weighted by Gasteiger charge is 2.12. The molecule has 0 aromatic carbocycles. The average Bonchev–Trinajstić information content (AvgIpc) is 2.84. The average molecular weight is 306 g/mol. The van der Waals surface area contributed by atoms with Gasteiger partial charge in [0, 0.05) is 12.4 Å². The van der Waals surface area contributed by atoms with Crippen molar-refractivity contribution in [2.75, 3.05) is 12.4 Å². The van der Waals surface area contributed by atoms with E-state index in [4.69, 9.17) is 5.11 Å². The van der Waals surface area contributed by atoms with Gasteiger partial charge in [-0.1, -0.05) is 0 Å². The summed E-state index contributed by atoms with van der Waals surface area (Å²) in [5.74, 6) is -1.11. The van der Waals surface area contributed by atoms with E-state index in [9.17, 15) is 9.59 Å². The Morgan fingerprint density at radius 3 is 2.71 bits per heavy atom. The molecule has 0 aliphatic heterocycles. The molecule has 2 aromatic rings. The fraction of sp³-hybridized carbons (Fsp3) is 0.231. The lowest BCUT2D eigenvalue weighted by atomic mass is 10.3. The predicted octanol–water partition coefficient (Wildman–Crippen LogP) is 2.21. The molecule has 2 rings (SSSR count). The summed E-state index contributed by atoms with van der Waals surface area (Å²) in [4.78, 5) is 32.2. The zero-order valence-corrected chi connectivity index (χ0v) is 12.3. The largest absolute Gasteiger partial charge is 0.477 e. The topological polar surface area (TPSA) is 95.4 Å². The SMILES string of the molecule is Cc1nc(CN(C)C(=O)Nc2ccc(C(=O)O)nc2)cs1. The molecular formula is C13H14N4O3S. The van der Waals surface area contributed by atoms with Crippen LogP contribution < -0.4 is 5.32 Å². The molecule has 0 unspecified atom stereocenters. The number of nitrogens with zero attached hydrogens (tertiary/aromatic N) is 3. The first-order valence-electron chi connectivity index (χ1n) is 6.08. The van der Waals surface area contributed by atoms with Crippen molar-refractivity contribution in [1.82, 2.24) is 14.9 Å². The summed E-state index contributed by atoms with van der Waals surface area (Å²) < 4.78 is 0. The lowest BCUT2D eigenvalue weighted by Crippen LogP contribution is -2.31. The Morgan fingerprint density at radius 2 is 2.19 bits per heavy atom. The van der Waals surface area contributed by atoms with Gasteiger partial charge in [0.1, 0.15) is 5.69 Å². The van der Waals surface area contributed by atoms with E-state index >= 15 is 0 Å². The number of rotatable bonds is 4. The molecule has 2 aromatic heterocycles. The maximum atomic E-state index is 12.0. The Bertz CT molecular complexity index is 654. The second kappa shape index (κ2) is 6.31. The molecule has 0 radical (unpaired) electrons. The molecule has 0 aliphatic rings. The number of urea groups is 1. The van der Waals surface area contributed by atoms with Gasteiger partial charge in [0.05, 0.1) is 29.1 Å². The number of hydrogen-bond donors (Lipinski definition) is 2. The number of carboxylic acids is 1. The Hall–Kier alpha value is -2.48. The fourth-order valence-electron chi connectivity index (χ4n) is 1.61. The second-order valence-corrected chi connectivity index (χ2v) is 5.44. The molecule has 0 saturated carbocycles. The first kappa shape index (κ1) is 14.9. The van der Waals surface area contributed by atoms with Crippen LogP contribution >= 0.6 is 11.3 Å². The molecule has 2 amide bonds. The van der Waals surface area contributed by atoms with Gasteiger partial charge < -0.3 is 15.3 Å². The van der Waals surface area contributed by atoms with Gasteiger partial charge in [-0.15, -0.1) is 11.3 Å². The Balaban J connectivity index is 1.95. The third-order valence-electron chi connectivity index (χ3n) is 2.65. The number of aromatic carboxylic acids is 1. The molecule has 0 atom stereocenters. The minimum atomic E-state index is -1.11. The van der Waals surface area contributed by atoms with Gasteiger partial charge in [-0.25, -0.2) is 19.6 Å². The molecule has 0 aliphatic carbocycles. The number of thiazole rings is 1. The summed E-state index contributed by atoms with van der Waals surface area (Å²) in [6, 6.07) is 2.52. The first-order chi connectivity index (χ1) is 9.95. The van der Waals surface area contributed by atoms with Crippen LogP contribution in [0.25, 0.3) is 0 Å². The van der Waals surface area contributed by atoms with Crippen LogP contribution in [0.2, 0.25) is 0 Å². The highest BCUT2D eigenvalue weighted by Crippen LogP contribution is 2.11. The summed E-state index contributed by atoms with van der Waals surface area (Å²) in [7, 11) is 1.66. The third-order valence-corrected chi connectivity index (χ3v) is 3.47. The van der Waals surface area contributed by atoms with Gasteiger partial charge in [-0.3, -0.25) is 0 Å². The number of nitrogens with one attached hydrogen (secondary N) is 1. The van der Waals surface area contributed by atoms with E-state index in [0.717, 1.165) is 10.7 Å². The van der Waals surface area contributed by atoms with Gasteiger partial charge in [0.25, 0.3) is 0 Å². The van der Waals surface area contributed by atoms with E-state index in [0.29, 0.717) is 12.2 Å². The summed E-state index contributed by atoms with van der Waals surface area (Å²) >= 11 is 1.53. The molecule has 110 valence electrons. The van der Waals surface area contributed by atoms with Crippen LogP contribution in [-0.4, -0.2) is 39.0 Å². The Kier molecular flexibility index (Phi) is 4.49. The maximum absolute atomic E-state index is 12.0. The molecular weight excluding hydrogens is 292 g/mol. The van der Waals surface area contributed by atoms with Gasteiger partial charge in [0.2, 0.25) is 0 Å². The Morgan fingerprint density at radius 1 is 1.43 bits per heavy atom. The molecule has 0 spiro atoms. The molecule has 8 heteroatoms. The van der Waals surface area contributed by atoms with Gasteiger partial charge in [-0.05, 0) is 19.1 Å². The molecule has 7 nitrogen and oxygen atoms in total. The predicted molar refractivity (Wildman–Crippen MR) is 78.5 cm³/mol. The number of hydrogen-bond acceptors (Lipinski definition) is 5. The molecule has 0 saturated heterocycles. The number of carboxylic acid groups (broad SMARTS) is 1. The fourth-order valence-corrected chi connectivity index (χ4v) is 2.21. The van der Waals surface area contributed by atoms with Crippen molar-refractivity contribution in [2.24, 2.45) is 0 Å². The number of aryl methyl sites for hydroxylation is 1. The van der Waals surface area contributed by atoms with E-state index in [1.807, 2.05) is 12.3 Å². The lowest BCUT2D eigenvalue weighted by Gasteiger charge is -2.16. The van der Waals surface area contributed by atoms with Crippen molar-refractivity contribution in [2.45, 2.75) is 13.5 Å². The standard InChI is InChI=1S/C13H14N4O3S/c1-8-15-10(7-21-8)6-17(2)13(20)16-9-3-4-11(12(18)19)14-5-9/h3-5,7H,6H2,1-2H3,(H,16,20)(H,18,19). The van der Waals surface area contributed by atoms with Crippen LogP contribution in [0.15, 0.2) is 23.7 Å². The van der Waals surface area contributed by atoms with Gasteiger partial charge in [0.15, 0.2) is 0 Å². The zero-order valence-electron chi connectivity index (χ0n) is 11.5. The van der Waals surface area contributed by atoms with E-state index in [1.54, 1.807) is 7.05 Å². The zero-order chi connectivity index (χ0) is 15.4. The van der Waals surface area contributed by atoms with Crippen LogP contribution in [0.5, 0.6) is 0 Å². The monoisotopic (exact) mass is 306 g/mol. The van der Waals surface area contributed by atoms with E-state index < -0.39 is 5.97 Å². The maximum Gasteiger partial charge on any atom is 0.354 e. The van der Waals surface area contributed by atoms with E-state index in [-0.39, 0.29) is 11.7 Å². The molecule has 2 heterocycles. The number of aromatic nitrogens is 2. The Labute approximate surface area is 125 Å². The summed E-state index contributed by atoms with van der Waals surface area (Å²) in [6.07, 6.45) is 1.31.